The van der Waals surface area contributed by atoms with Gasteiger partial charge in [-0.3, -0.25) is 4.72 Å². The summed E-state index contributed by atoms with van der Waals surface area (Å²) in [6.07, 6.45) is 0. The van der Waals surface area contributed by atoms with E-state index < -0.39 is 10.0 Å². The molecular weight excluding hydrogens is 324 g/mol. The van der Waals surface area contributed by atoms with Gasteiger partial charge in [0, 0.05) is 11.8 Å². The number of hydrogen-bond donors (Lipinski definition) is 1. The van der Waals surface area contributed by atoms with Crippen molar-refractivity contribution in [1.82, 2.24) is 4.98 Å². The predicted molar refractivity (Wildman–Crippen MR) is 92.3 cm³/mol. The molecule has 0 radical (unpaired) electrons. The highest BCUT2D eigenvalue weighted by Crippen LogP contribution is 2.17. The Hall–Kier alpha value is -2.86. The summed E-state index contributed by atoms with van der Waals surface area (Å²) in [5.74, 6) is 0.259. The molecule has 0 aliphatic heterocycles. The lowest BCUT2D eigenvalue weighted by Crippen LogP contribution is -2.14. The molecule has 24 heavy (non-hydrogen) atoms. The summed E-state index contributed by atoms with van der Waals surface area (Å²) >= 11 is 0. The molecule has 0 aliphatic carbocycles. The number of anilines is 1. The van der Waals surface area contributed by atoms with E-state index in [1.165, 1.54) is 6.07 Å². The van der Waals surface area contributed by atoms with Gasteiger partial charge in [0.15, 0.2) is 5.03 Å². The zero-order valence-corrected chi connectivity index (χ0v) is 13.6. The Bertz CT molecular complexity index is 898. The normalized spacial score (nSPS) is 11.0. The number of hydrogen-bond acceptors (Lipinski definition) is 4. The fourth-order valence-corrected chi connectivity index (χ4v) is 3.09. The van der Waals surface area contributed by atoms with Gasteiger partial charge in [-0.15, -0.1) is 0 Å². The van der Waals surface area contributed by atoms with Crippen molar-refractivity contribution in [3.05, 3.63) is 84.4 Å². The van der Waals surface area contributed by atoms with Gasteiger partial charge in [0.25, 0.3) is 10.0 Å². The summed E-state index contributed by atoms with van der Waals surface area (Å²) in [7, 11) is -3.76. The maximum Gasteiger partial charge on any atom is 0.279 e. The molecule has 1 heterocycles. The van der Waals surface area contributed by atoms with Crippen molar-refractivity contribution in [2.24, 2.45) is 0 Å². The van der Waals surface area contributed by atoms with Crippen LogP contribution < -0.4 is 9.46 Å². The number of nitrogens with zero attached hydrogens (tertiary/aromatic N) is 1. The van der Waals surface area contributed by atoms with Crippen LogP contribution in [0, 0.1) is 0 Å². The second-order valence-corrected chi connectivity index (χ2v) is 6.69. The molecule has 3 rings (SSSR count). The van der Waals surface area contributed by atoms with E-state index in [0.717, 1.165) is 5.56 Å². The molecule has 2 aromatic carbocycles. The van der Waals surface area contributed by atoms with E-state index in [2.05, 4.69) is 9.71 Å². The van der Waals surface area contributed by atoms with Crippen LogP contribution >= 0.6 is 0 Å². The smallest absolute Gasteiger partial charge is 0.279 e. The second-order valence-electron chi connectivity index (χ2n) is 5.06. The van der Waals surface area contributed by atoms with Crippen LogP contribution in [0.2, 0.25) is 0 Å². The number of pyridine rings is 1. The van der Waals surface area contributed by atoms with Crippen molar-refractivity contribution in [2.45, 2.75) is 11.6 Å². The predicted octanol–water partition coefficient (Wildman–Crippen LogP) is 3.46. The fourth-order valence-electron chi connectivity index (χ4n) is 2.07. The van der Waals surface area contributed by atoms with Crippen LogP contribution in [-0.2, 0) is 16.6 Å². The van der Waals surface area contributed by atoms with Crippen LogP contribution in [0.4, 0.5) is 5.69 Å². The first-order valence-electron chi connectivity index (χ1n) is 7.35. The average molecular weight is 340 g/mol. The van der Waals surface area contributed by atoms with Crippen molar-refractivity contribution in [3.63, 3.8) is 0 Å². The van der Waals surface area contributed by atoms with E-state index in [0.29, 0.717) is 12.3 Å². The first-order valence-corrected chi connectivity index (χ1v) is 8.83. The highest BCUT2D eigenvalue weighted by molar-refractivity contribution is 7.92. The van der Waals surface area contributed by atoms with Crippen molar-refractivity contribution in [1.29, 1.82) is 0 Å². The molecule has 6 heteroatoms. The van der Waals surface area contributed by atoms with E-state index in [-0.39, 0.29) is 10.9 Å². The third-order valence-electron chi connectivity index (χ3n) is 3.23. The molecule has 122 valence electrons. The lowest BCUT2D eigenvalue weighted by molar-refractivity contribution is 0.291. The number of ether oxygens (including phenoxy) is 1. The molecule has 0 unspecified atom stereocenters. The van der Waals surface area contributed by atoms with Gasteiger partial charge in [0.1, 0.15) is 6.61 Å². The van der Waals surface area contributed by atoms with Gasteiger partial charge in [-0.2, -0.15) is 13.4 Å². The Morgan fingerprint density at radius 2 is 1.50 bits per heavy atom. The fraction of sp³-hybridized carbons (Fsp3) is 0.0556. The monoisotopic (exact) mass is 340 g/mol. The van der Waals surface area contributed by atoms with Gasteiger partial charge >= 0.3 is 0 Å². The number of benzene rings is 2. The van der Waals surface area contributed by atoms with Crippen molar-refractivity contribution in [2.75, 3.05) is 4.72 Å². The minimum atomic E-state index is -3.76. The van der Waals surface area contributed by atoms with Crippen molar-refractivity contribution in [3.8, 4) is 5.88 Å². The zero-order chi connectivity index (χ0) is 16.8. The number of sulfonamides is 1. The summed E-state index contributed by atoms with van der Waals surface area (Å²) in [6, 6.07) is 22.9. The van der Waals surface area contributed by atoms with E-state index >= 15 is 0 Å². The standard InChI is InChI=1S/C18H16N2O3S/c21-24(22,20-16-10-5-2-6-11-16)18-13-7-12-17(19-18)23-14-15-8-3-1-4-9-15/h1-13,20H,14H2. The lowest BCUT2D eigenvalue weighted by Gasteiger charge is -2.09. The van der Waals surface area contributed by atoms with Crippen LogP contribution in [0.3, 0.4) is 0 Å². The van der Waals surface area contributed by atoms with Gasteiger partial charge < -0.3 is 4.74 Å². The summed E-state index contributed by atoms with van der Waals surface area (Å²) < 4.78 is 32.9. The average Bonchev–Trinajstić information content (AvgIpc) is 2.62. The third-order valence-corrected chi connectivity index (χ3v) is 4.51. The topological polar surface area (TPSA) is 68.3 Å². The Labute approximate surface area is 141 Å². The minimum Gasteiger partial charge on any atom is -0.473 e. The largest absolute Gasteiger partial charge is 0.473 e. The molecule has 0 bridgehead atoms. The van der Waals surface area contributed by atoms with Crippen LogP contribution in [0.1, 0.15) is 5.56 Å². The third kappa shape index (κ3) is 4.11. The number of nitrogens with one attached hydrogen (secondary N) is 1. The Morgan fingerprint density at radius 3 is 2.21 bits per heavy atom. The maximum atomic E-state index is 12.4. The summed E-state index contributed by atoms with van der Waals surface area (Å²) in [4.78, 5) is 4.08. The van der Waals surface area contributed by atoms with Crippen LogP contribution in [-0.4, -0.2) is 13.4 Å². The van der Waals surface area contributed by atoms with Crippen LogP contribution in [0.5, 0.6) is 5.88 Å². The first-order chi connectivity index (χ1) is 11.6. The minimum absolute atomic E-state index is 0.0862. The van der Waals surface area contributed by atoms with Gasteiger partial charge in [0.2, 0.25) is 5.88 Å². The van der Waals surface area contributed by atoms with Crippen LogP contribution in [0.25, 0.3) is 0 Å². The quantitative estimate of drug-likeness (QED) is 0.746. The summed E-state index contributed by atoms with van der Waals surface area (Å²) in [5, 5.41) is -0.0862. The SMILES string of the molecule is O=S(=O)(Nc1ccccc1)c1cccc(OCc2ccccc2)n1. The molecule has 1 N–H and O–H groups in total. The molecular formula is C18H16N2O3S. The van der Waals surface area contributed by atoms with Gasteiger partial charge in [0.05, 0.1) is 0 Å². The van der Waals surface area contributed by atoms with Crippen molar-refractivity contribution >= 4 is 15.7 Å². The van der Waals surface area contributed by atoms with E-state index in [4.69, 9.17) is 4.74 Å². The number of rotatable bonds is 6. The Morgan fingerprint density at radius 1 is 0.833 bits per heavy atom. The van der Waals surface area contributed by atoms with E-state index in [1.807, 2.05) is 36.4 Å². The molecule has 0 amide bonds. The summed E-state index contributed by atoms with van der Waals surface area (Å²) in [5.41, 5.74) is 1.46. The Kier molecular flexibility index (Phi) is 4.77. The maximum absolute atomic E-state index is 12.4. The molecule has 3 aromatic rings. The highest BCUT2D eigenvalue weighted by Gasteiger charge is 2.16. The van der Waals surface area contributed by atoms with Gasteiger partial charge in [-0.05, 0) is 23.8 Å². The molecule has 0 aliphatic rings. The summed E-state index contributed by atoms with van der Waals surface area (Å²) in [6.45, 7) is 0.323. The highest BCUT2D eigenvalue weighted by atomic mass is 32.2. The van der Waals surface area contributed by atoms with E-state index in [9.17, 15) is 8.42 Å². The number of aromatic nitrogens is 1. The van der Waals surface area contributed by atoms with Crippen molar-refractivity contribution < 1.29 is 13.2 Å². The molecule has 0 saturated heterocycles. The van der Waals surface area contributed by atoms with Crippen LogP contribution in [0.15, 0.2) is 83.9 Å². The Balaban J connectivity index is 1.74. The molecule has 0 spiro atoms. The lowest BCUT2D eigenvalue weighted by atomic mass is 10.2. The zero-order valence-electron chi connectivity index (χ0n) is 12.8. The molecule has 1 aromatic heterocycles. The van der Waals surface area contributed by atoms with Gasteiger partial charge in [-0.1, -0.05) is 54.6 Å². The molecule has 0 atom stereocenters. The molecule has 0 fully saturated rings. The second kappa shape index (κ2) is 7.14. The molecule has 0 saturated carbocycles. The molecule has 5 nitrogen and oxygen atoms in total. The van der Waals surface area contributed by atoms with E-state index in [1.54, 1.807) is 36.4 Å². The number of para-hydroxylation sites is 1. The first kappa shape index (κ1) is 16.0. The van der Waals surface area contributed by atoms with Gasteiger partial charge in [-0.25, -0.2) is 0 Å².